The Morgan fingerprint density at radius 3 is 2.62 bits per heavy atom. The van der Waals surface area contributed by atoms with Crippen molar-refractivity contribution >= 4 is 5.71 Å². The minimum absolute atomic E-state index is 0.468. The minimum atomic E-state index is 0.468. The van der Waals surface area contributed by atoms with E-state index in [0.29, 0.717) is 13.2 Å². The molecular weight excluding hydrogens is 326 g/mol. The van der Waals surface area contributed by atoms with E-state index in [1.165, 1.54) is 0 Å². The molecule has 1 aromatic heterocycles. The average Bonchev–Trinajstić information content (AvgIpc) is 3.20. The van der Waals surface area contributed by atoms with Crippen molar-refractivity contribution in [3.8, 4) is 5.75 Å². The number of nitrogens with one attached hydrogen (secondary N) is 1. The van der Waals surface area contributed by atoms with Gasteiger partial charge in [0.25, 0.3) is 0 Å². The molecule has 0 bridgehead atoms. The maximum absolute atomic E-state index is 5.77. The molecule has 0 aliphatic carbocycles. The van der Waals surface area contributed by atoms with Crippen LogP contribution < -0.4 is 4.74 Å². The molecule has 0 aliphatic rings. The van der Waals surface area contributed by atoms with Gasteiger partial charge in [-0.25, -0.2) is 4.98 Å². The predicted molar refractivity (Wildman–Crippen MR) is 102 cm³/mol. The summed E-state index contributed by atoms with van der Waals surface area (Å²) in [6.45, 7) is 3.08. The average molecular weight is 349 g/mol. The van der Waals surface area contributed by atoms with Gasteiger partial charge in [-0.05, 0) is 55.2 Å². The molecule has 0 spiro atoms. The van der Waals surface area contributed by atoms with E-state index in [4.69, 9.17) is 9.57 Å². The quantitative estimate of drug-likeness (QED) is 0.355. The van der Waals surface area contributed by atoms with Crippen molar-refractivity contribution in [1.29, 1.82) is 0 Å². The third kappa shape index (κ3) is 5.48. The SMILES string of the molecule is C/C(=N\OCc1ccccc1)c1ccc(OCCCc2cnc[nH]2)cc1. The highest BCUT2D eigenvalue weighted by molar-refractivity contribution is 5.98. The third-order valence-electron chi connectivity index (χ3n) is 3.96. The molecule has 2 aromatic carbocycles. The van der Waals surface area contributed by atoms with Crippen LogP contribution >= 0.6 is 0 Å². The Hall–Kier alpha value is -3.08. The summed E-state index contributed by atoms with van der Waals surface area (Å²) >= 11 is 0. The molecule has 1 heterocycles. The van der Waals surface area contributed by atoms with Gasteiger partial charge in [-0.1, -0.05) is 35.5 Å². The van der Waals surface area contributed by atoms with E-state index in [-0.39, 0.29) is 0 Å². The number of oxime groups is 1. The van der Waals surface area contributed by atoms with Gasteiger partial charge in [0.05, 0.1) is 18.6 Å². The first-order chi connectivity index (χ1) is 12.8. The number of aromatic nitrogens is 2. The zero-order chi connectivity index (χ0) is 18.0. The Kier molecular flexibility index (Phi) is 6.42. The molecular formula is C21H23N3O2. The first-order valence-electron chi connectivity index (χ1n) is 8.72. The highest BCUT2D eigenvalue weighted by atomic mass is 16.6. The van der Waals surface area contributed by atoms with Crippen molar-refractivity contribution < 1.29 is 9.57 Å². The third-order valence-corrected chi connectivity index (χ3v) is 3.96. The van der Waals surface area contributed by atoms with Gasteiger partial charge in [0, 0.05) is 11.9 Å². The Morgan fingerprint density at radius 2 is 1.88 bits per heavy atom. The van der Waals surface area contributed by atoms with Crippen LogP contribution in [0.15, 0.2) is 72.3 Å². The van der Waals surface area contributed by atoms with Gasteiger partial charge >= 0.3 is 0 Å². The van der Waals surface area contributed by atoms with Crippen LogP contribution in [0.25, 0.3) is 0 Å². The van der Waals surface area contributed by atoms with Gasteiger partial charge < -0.3 is 14.6 Å². The van der Waals surface area contributed by atoms with Crippen molar-refractivity contribution in [3.63, 3.8) is 0 Å². The van der Waals surface area contributed by atoms with E-state index in [0.717, 1.165) is 41.1 Å². The molecule has 0 saturated carbocycles. The lowest BCUT2D eigenvalue weighted by Gasteiger charge is -2.07. The number of aryl methyl sites for hydroxylation is 1. The van der Waals surface area contributed by atoms with Crippen LogP contribution in [0.2, 0.25) is 0 Å². The summed E-state index contributed by atoms with van der Waals surface area (Å²) in [6.07, 6.45) is 5.42. The molecule has 1 N–H and O–H groups in total. The summed E-state index contributed by atoms with van der Waals surface area (Å²) in [5.41, 5.74) is 4.09. The first kappa shape index (κ1) is 17.7. The molecule has 0 radical (unpaired) electrons. The second-order valence-corrected chi connectivity index (χ2v) is 5.99. The molecule has 0 aliphatic heterocycles. The lowest BCUT2D eigenvalue weighted by molar-refractivity contribution is 0.130. The second-order valence-electron chi connectivity index (χ2n) is 5.99. The van der Waals surface area contributed by atoms with Crippen LogP contribution in [-0.2, 0) is 17.9 Å². The van der Waals surface area contributed by atoms with E-state index in [1.54, 1.807) is 6.33 Å². The summed E-state index contributed by atoms with van der Waals surface area (Å²) in [7, 11) is 0. The molecule has 0 fully saturated rings. The van der Waals surface area contributed by atoms with Crippen molar-refractivity contribution in [1.82, 2.24) is 9.97 Å². The molecule has 5 heteroatoms. The van der Waals surface area contributed by atoms with Crippen LogP contribution in [-0.4, -0.2) is 22.3 Å². The Labute approximate surface area is 153 Å². The van der Waals surface area contributed by atoms with Gasteiger partial charge in [-0.3, -0.25) is 0 Å². The van der Waals surface area contributed by atoms with E-state index < -0.39 is 0 Å². The molecule has 3 rings (SSSR count). The van der Waals surface area contributed by atoms with Crippen molar-refractivity contribution in [2.75, 3.05) is 6.61 Å². The van der Waals surface area contributed by atoms with E-state index in [1.807, 2.05) is 67.7 Å². The molecule has 134 valence electrons. The van der Waals surface area contributed by atoms with E-state index in [2.05, 4.69) is 15.1 Å². The first-order valence-corrected chi connectivity index (χ1v) is 8.72. The number of hydrogen-bond acceptors (Lipinski definition) is 4. The second kappa shape index (κ2) is 9.42. The molecule has 0 saturated heterocycles. The Morgan fingerprint density at radius 1 is 1.08 bits per heavy atom. The number of hydrogen-bond donors (Lipinski definition) is 1. The summed E-state index contributed by atoms with van der Waals surface area (Å²) in [5.74, 6) is 0.858. The normalized spacial score (nSPS) is 11.3. The number of ether oxygens (including phenoxy) is 1. The zero-order valence-corrected chi connectivity index (χ0v) is 14.9. The summed E-state index contributed by atoms with van der Waals surface area (Å²) in [5, 5.41) is 4.19. The lowest BCUT2D eigenvalue weighted by Crippen LogP contribution is -2.01. The van der Waals surface area contributed by atoms with E-state index in [9.17, 15) is 0 Å². The fraction of sp³-hybridized carbons (Fsp3) is 0.238. The lowest BCUT2D eigenvalue weighted by atomic mass is 10.1. The Balaban J connectivity index is 1.43. The van der Waals surface area contributed by atoms with Crippen molar-refractivity contribution in [3.05, 3.63) is 83.9 Å². The van der Waals surface area contributed by atoms with Crippen LogP contribution in [0.3, 0.4) is 0 Å². The molecule has 3 aromatic rings. The highest BCUT2D eigenvalue weighted by Gasteiger charge is 2.01. The standard InChI is InChI=1S/C21H23N3O2/c1-17(24-26-15-18-6-3-2-4-7-18)19-9-11-21(12-10-19)25-13-5-8-20-14-22-16-23-20/h2-4,6-7,9-12,14,16H,5,8,13,15H2,1H3,(H,22,23)/b24-17+. The van der Waals surface area contributed by atoms with Crippen LogP contribution in [0.4, 0.5) is 0 Å². The smallest absolute Gasteiger partial charge is 0.142 e. The van der Waals surface area contributed by atoms with Gasteiger partial charge in [0.15, 0.2) is 0 Å². The summed E-state index contributed by atoms with van der Waals surface area (Å²) in [4.78, 5) is 12.5. The minimum Gasteiger partial charge on any atom is -0.494 e. The molecule has 0 atom stereocenters. The fourth-order valence-electron chi connectivity index (χ4n) is 2.50. The Bertz CT molecular complexity index is 797. The van der Waals surface area contributed by atoms with E-state index >= 15 is 0 Å². The van der Waals surface area contributed by atoms with Crippen LogP contribution in [0.1, 0.15) is 30.2 Å². The fourth-order valence-corrected chi connectivity index (χ4v) is 2.50. The number of imidazole rings is 1. The van der Waals surface area contributed by atoms with Gasteiger partial charge in [0.1, 0.15) is 12.4 Å². The summed E-state index contributed by atoms with van der Waals surface area (Å²) in [6, 6.07) is 17.9. The van der Waals surface area contributed by atoms with Gasteiger partial charge in [-0.15, -0.1) is 0 Å². The largest absolute Gasteiger partial charge is 0.494 e. The predicted octanol–water partition coefficient (Wildman–Crippen LogP) is 4.36. The zero-order valence-electron chi connectivity index (χ0n) is 14.9. The maximum Gasteiger partial charge on any atom is 0.142 e. The highest BCUT2D eigenvalue weighted by Crippen LogP contribution is 2.14. The number of rotatable bonds is 9. The number of H-pyrrole nitrogens is 1. The summed E-state index contributed by atoms with van der Waals surface area (Å²) < 4.78 is 5.77. The van der Waals surface area contributed by atoms with Gasteiger partial charge in [0.2, 0.25) is 0 Å². The molecule has 26 heavy (non-hydrogen) atoms. The maximum atomic E-state index is 5.77. The molecule has 0 unspecified atom stereocenters. The van der Waals surface area contributed by atoms with Crippen LogP contribution in [0, 0.1) is 0 Å². The molecule has 0 amide bonds. The van der Waals surface area contributed by atoms with Crippen molar-refractivity contribution in [2.45, 2.75) is 26.4 Å². The number of aromatic amines is 1. The van der Waals surface area contributed by atoms with Crippen LogP contribution in [0.5, 0.6) is 5.75 Å². The molecule has 5 nitrogen and oxygen atoms in total. The monoisotopic (exact) mass is 349 g/mol. The number of nitrogens with zero attached hydrogens (tertiary/aromatic N) is 2. The van der Waals surface area contributed by atoms with Gasteiger partial charge in [-0.2, -0.15) is 0 Å². The van der Waals surface area contributed by atoms with Crippen molar-refractivity contribution in [2.24, 2.45) is 5.16 Å². The topological polar surface area (TPSA) is 59.5 Å². The number of benzene rings is 2.